The summed E-state index contributed by atoms with van der Waals surface area (Å²) in [5.74, 6) is -2.60. The number of carbonyl (C=O) groups excluding carboxylic acids is 1. The molecule has 2 atom stereocenters. The van der Waals surface area contributed by atoms with Gasteiger partial charge in [0.25, 0.3) is 5.91 Å². The summed E-state index contributed by atoms with van der Waals surface area (Å²) < 4.78 is 37.9. The van der Waals surface area contributed by atoms with E-state index in [-0.39, 0.29) is 23.5 Å². The molecule has 1 aromatic carbocycles. The highest BCUT2D eigenvalue weighted by atomic mass is 19.4. The second kappa shape index (κ2) is 11.0. The highest BCUT2D eigenvalue weighted by Crippen LogP contribution is 2.42. The molecular formula is C24H33F3N2O5. The first kappa shape index (κ1) is 26.4. The van der Waals surface area contributed by atoms with E-state index in [1.54, 1.807) is 0 Å². The first-order valence-corrected chi connectivity index (χ1v) is 11.7. The van der Waals surface area contributed by atoms with Gasteiger partial charge >= 0.3 is 12.1 Å². The average molecular weight is 487 g/mol. The zero-order valence-corrected chi connectivity index (χ0v) is 19.4. The van der Waals surface area contributed by atoms with Crippen LogP contribution in [-0.2, 0) is 9.53 Å². The lowest BCUT2D eigenvalue weighted by Crippen LogP contribution is -2.44. The highest BCUT2D eigenvalue weighted by molar-refractivity contribution is 5.94. The number of amides is 1. The summed E-state index contributed by atoms with van der Waals surface area (Å²) in [5, 5.41) is 17.0. The molecule has 3 aliphatic heterocycles. The summed E-state index contributed by atoms with van der Waals surface area (Å²) in [6.07, 6.45) is 0.171. The third-order valence-electron chi connectivity index (χ3n) is 6.85. The molecule has 7 nitrogen and oxygen atoms in total. The molecule has 3 saturated heterocycles. The van der Waals surface area contributed by atoms with Gasteiger partial charge in [0, 0.05) is 31.7 Å². The monoisotopic (exact) mass is 486 g/mol. The fourth-order valence-corrected chi connectivity index (χ4v) is 4.99. The predicted octanol–water partition coefficient (Wildman–Crippen LogP) is 3.10. The molecule has 0 aromatic heterocycles. The van der Waals surface area contributed by atoms with Crippen LogP contribution < -0.4 is 0 Å². The van der Waals surface area contributed by atoms with E-state index in [1.165, 1.54) is 0 Å². The number of aryl methyl sites for hydroxylation is 1. The number of hydrogen-bond acceptors (Lipinski definition) is 5. The lowest BCUT2D eigenvalue weighted by atomic mass is 9.76. The van der Waals surface area contributed by atoms with Crippen molar-refractivity contribution in [2.45, 2.75) is 57.4 Å². The Morgan fingerprint density at radius 2 is 1.88 bits per heavy atom. The van der Waals surface area contributed by atoms with Gasteiger partial charge in [0.2, 0.25) is 0 Å². The van der Waals surface area contributed by atoms with Crippen LogP contribution in [0.15, 0.2) is 24.3 Å². The molecule has 2 unspecified atom stereocenters. The van der Waals surface area contributed by atoms with Crippen molar-refractivity contribution in [3.05, 3.63) is 35.4 Å². The first-order chi connectivity index (χ1) is 16.0. The number of alkyl halides is 3. The lowest BCUT2D eigenvalue weighted by Gasteiger charge is -2.38. The quantitative estimate of drug-likeness (QED) is 0.683. The molecule has 10 heteroatoms. The van der Waals surface area contributed by atoms with E-state index in [4.69, 9.17) is 14.6 Å². The van der Waals surface area contributed by atoms with Gasteiger partial charge in [-0.25, -0.2) is 4.79 Å². The summed E-state index contributed by atoms with van der Waals surface area (Å²) in [7, 11) is 0. The molecular weight excluding hydrogens is 453 g/mol. The number of halogens is 3. The third kappa shape index (κ3) is 7.16. The fraction of sp³-hybridized carbons (Fsp3) is 0.667. The Bertz CT molecular complexity index is 855. The predicted molar refractivity (Wildman–Crippen MR) is 118 cm³/mol. The van der Waals surface area contributed by atoms with E-state index in [1.807, 2.05) is 36.1 Å². The largest absolute Gasteiger partial charge is 0.490 e. The van der Waals surface area contributed by atoms with E-state index in [0.29, 0.717) is 0 Å². The average Bonchev–Trinajstić information content (AvgIpc) is 3.15. The number of aliphatic hydroxyl groups excluding tert-OH is 1. The number of hydrogen-bond donors (Lipinski definition) is 2. The standard InChI is InChI=1S/C22H32N2O3.C2HF3O2/c1-17-4-2-5-18(12-17)21(26)24-10-7-22(8-11-24)13-20(27-16-22)15-23-9-3-6-19(25)14-23;3-2(4,5)1(6)7/h2,4-5,12,19-20,25H,3,6-11,13-16H2,1H3;(H,6,7). The van der Waals surface area contributed by atoms with Gasteiger partial charge in [0.1, 0.15) is 0 Å². The SMILES string of the molecule is Cc1cccc(C(=O)N2CCC3(CC2)COC(CN2CCCC(O)C2)C3)c1.O=C(O)C(F)(F)F. The van der Waals surface area contributed by atoms with E-state index in [0.717, 1.165) is 82.6 Å². The molecule has 3 aliphatic rings. The zero-order chi connectivity index (χ0) is 24.9. The number of carboxylic acids is 1. The van der Waals surface area contributed by atoms with Crippen molar-refractivity contribution in [2.24, 2.45) is 5.41 Å². The Kier molecular flexibility index (Phi) is 8.59. The van der Waals surface area contributed by atoms with Crippen molar-refractivity contribution in [1.29, 1.82) is 0 Å². The number of aliphatic hydroxyl groups is 1. The van der Waals surface area contributed by atoms with Crippen LogP contribution >= 0.6 is 0 Å². The van der Waals surface area contributed by atoms with Crippen molar-refractivity contribution in [2.75, 3.05) is 39.3 Å². The minimum absolute atomic E-state index is 0.159. The molecule has 2 N–H and O–H groups in total. The van der Waals surface area contributed by atoms with Crippen LogP contribution in [-0.4, -0.2) is 89.6 Å². The van der Waals surface area contributed by atoms with E-state index in [9.17, 15) is 23.1 Å². The summed E-state index contributed by atoms with van der Waals surface area (Å²) in [6.45, 7) is 7.29. The molecule has 190 valence electrons. The molecule has 0 aliphatic carbocycles. The van der Waals surface area contributed by atoms with Crippen molar-refractivity contribution in [1.82, 2.24) is 9.80 Å². The smallest absolute Gasteiger partial charge is 0.475 e. The number of likely N-dealkylation sites (tertiary alicyclic amines) is 2. The van der Waals surface area contributed by atoms with Gasteiger partial charge in [-0.2, -0.15) is 13.2 Å². The Hall–Kier alpha value is -2.17. The normalized spacial score (nSPS) is 25.0. The Labute approximate surface area is 197 Å². The van der Waals surface area contributed by atoms with Crippen LogP contribution in [0.25, 0.3) is 0 Å². The minimum atomic E-state index is -5.08. The van der Waals surface area contributed by atoms with Gasteiger partial charge in [-0.3, -0.25) is 9.69 Å². The van der Waals surface area contributed by atoms with E-state index < -0.39 is 12.1 Å². The maximum Gasteiger partial charge on any atom is 0.490 e. The summed E-state index contributed by atoms with van der Waals surface area (Å²) in [4.78, 5) is 26.0. The Morgan fingerprint density at radius 1 is 1.21 bits per heavy atom. The molecule has 0 saturated carbocycles. The molecule has 4 rings (SSSR count). The highest BCUT2D eigenvalue weighted by Gasteiger charge is 2.43. The minimum Gasteiger partial charge on any atom is -0.475 e. The van der Waals surface area contributed by atoms with Crippen LogP contribution in [0.2, 0.25) is 0 Å². The number of nitrogens with zero attached hydrogens (tertiary/aromatic N) is 2. The van der Waals surface area contributed by atoms with Gasteiger partial charge in [-0.15, -0.1) is 0 Å². The molecule has 1 spiro atoms. The van der Waals surface area contributed by atoms with Crippen molar-refractivity contribution in [3.8, 4) is 0 Å². The van der Waals surface area contributed by atoms with E-state index >= 15 is 0 Å². The number of aliphatic carboxylic acids is 1. The third-order valence-corrected chi connectivity index (χ3v) is 6.85. The maximum absolute atomic E-state index is 12.8. The Morgan fingerprint density at radius 3 is 2.47 bits per heavy atom. The van der Waals surface area contributed by atoms with E-state index in [2.05, 4.69) is 4.90 Å². The topological polar surface area (TPSA) is 90.3 Å². The van der Waals surface area contributed by atoms with Crippen LogP contribution in [0.3, 0.4) is 0 Å². The maximum atomic E-state index is 12.8. The van der Waals surface area contributed by atoms with Crippen molar-refractivity contribution >= 4 is 11.9 Å². The second-order valence-electron chi connectivity index (χ2n) is 9.66. The van der Waals surface area contributed by atoms with Gasteiger partial charge in [0.05, 0.1) is 18.8 Å². The van der Waals surface area contributed by atoms with Gasteiger partial charge in [-0.05, 0) is 63.1 Å². The molecule has 1 aromatic rings. The van der Waals surface area contributed by atoms with Gasteiger partial charge in [-0.1, -0.05) is 17.7 Å². The number of rotatable bonds is 3. The Balaban J connectivity index is 0.000000406. The summed E-state index contributed by atoms with van der Waals surface area (Å²) in [5.41, 5.74) is 2.17. The summed E-state index contributed by atoms with van der Waals surface area (Å²) in [6, 6.07) is 7.89. The molecule has 0 bridgehead atoms. The van der Waals surface area contributed by atoms with Crippen LogP contribution in [0.5, 0.6) is 0 Å². The summed E-state index contributed by atoms with van der Waals surface area (Å²) >= 11 is 0. The van der Waals surface area contributed by atoms with Crippen LogP contribution in [0.4, 0.5) is 13.2 Å². The van der Waals surface area contributed by atoms with Gasteiger partial charge in [0.15, 0.2) is 0 Å². The van der Waals surface area contributed by atoms with Gasteiger partial charge < -0.3 is 19.8 Å². The first-order valence-electron chi connectivity index (χ1n) is 11.7. The number of ether oxygens (including phenoxy) is 1. The molecule has 3 fully saturated rings. The second-order valence-corrected chi connectivity index (χ2v) is 9.66. The van der Waals surface area contributed by atoms with Crippen LogP contribution in [0.1, 0.15) is 48.0 Å². The van der Waals surface area contributed by atoms with Crippen molar-refractivity contribution < 1.29 is 37.7 Å². The number of β-amino-alcohol motifs (C(OH)–C–C–N with tert-alkyl or cyclic N) is 1. The number of benzene rings is 1. The molecule has 3 heterocycles. The fourth-order valence-electron chi connectivity index (χ4n) is 4.99. The number of piperidine rings is 2. The van der Waals surface area contributed by atoms with Crippen LogP contribution in [0, 0.1) is 12.3 Å². The molecule has 34 heavy (non-hydrogen) atoms. The number of carbonyl (C=O) groups is 2. The molecule has 0 radical (unpaired) electrons. The van der Waals surface area contributed by atoms with Crippen molar-refractivity contribution in [3.63, 3.8) is 0 Å². The molecule has 1 amide bonds. The zero-order valence-electron chi connectivity index (χ0n) is 19.4. The number of carboxylic acid groups (broad SMARTS) is 1. The lowest BCUT2D eigenvalue weighted by molar-refractivity contribution is -0.192.